The van der Waals surface area contributed by atoms with Crippen LogP contribution >= 0.6 is 0 Å². The molecule has 1 aromatic carbocycles. The molecule has 0 fully saturated rings. The van der Waals surface area contributed by atoms with Gasteiger partial charge in [0.25, 0.3) is 0 Å². The number of nitriles is 1. The minimum absolute atomic E-state index is 0.278. The van der Waals surface area contributed by atoms with Gasteiger partial charge in [0.15, 0.2) is 0 Å². The van der Waals surface area contributed by atoms with E-state index in [4.69, 9.17) is 10.4 Å². The first-order valence-electron chi connectivity index (χ1n) is 5.35. The number of aryl methyl sites for hydroxylation is 1. The number of nitrogens with one attached hydrogen (secondary N) is 1. The van der Waals surface area contributed by atoms with Gasteiger partial charge in [-0.2, -0.15) is 5.26 Å². The van der Waals surface area contributed by atoms with Gasteiger partial charge in [-0.25, -0.2) is 0 Å². The first-order valence-corrected chi connectivity index (χ1v) is 5.35. The Morgan fingerprint density at radius 3 is 2.71 bits per heavy atom. The van der Waals surface area contributed by atoms with Gasteiger partial charge < -0.3 is 10.4 Å². The van der Waals surface area contributed by atoms with Crippen LogP contribution in [0.15, 0.2) is 18.2 Å². The fourth-order valence-electron chi connectivity index (χ4n) is 1.30. The molecule has 17 heavy (non-hydrogen) atoms. The van der Waals surface area contributed by atoms with Gasteiger partial charge in [-0.05, 0) is 38.5 Å². The summed E-state index contributed by atoms with van der Waals surface area (Å²) in [6, 6.07) is 7.55. The maximum atomic E-state index is 10.9. The molecule has 0 amide bonds. The molecular formula is C13H16N2O2. The van der Waals surface area contributed by atoms with Crippen molar-refractivity contribution in [2.75, 3.05) is 11.9 Å². The van der Waals surface area contributed by atoms with E-state index in [2.05, 4.69) is 11.4 Å². The van der Waals surface area contributed by atoms with Crippen molar-refractivity contribution in [2.24, 2.45) is 5.41 Å². The van der Waals surface area contributed by atoms with Crippen molar-refractivity contribution < 1.29 is 9.90 Å². The Balaban J connectivity index is 2.84. The molecule has 0 aromatic heterocycles. The predicted molar refractivity (Wildman–Crippen MR) is 65.8 cm³/mol. The molecule has 90 valence electrons. The molecule has 0 aliphatic carbocycles. The summed E-state index contributed by atoms with van der Waals surface area (Å²) in [6.45, 7) is 5.47. The third-order valence-corrected chi connectivity index (χ3v) is 2.60. The Bertz CT molecular complexity index is 473. The molecule has 0 spiro atoms. The number of benzene rings is 1. The lowest BCUT2D eigenvalue weighted by molar-refractivity contribution is -0.146. The summed E-state index contributed by atoms with van der Waals surface area (Å²) in [6.07, 6.45) is 0. The van der Waals surface area contributed by atoms with E-state index in [1.165, 1.54) is 0 Å². The van der Waals surface area contributed by atoms with E-state index in [1.54, 1.807) is 26.0 Å². The van der Waals surface area contributed by atoms with E-state index >= 15 is 0 Å². The highest BCUT2D eigenvalue weighted by atomic mass is 16.4. The van der Waals surface area contributed by atoms with Crippen LogP contribution < -0.4 is 5.32 Å². The van der Waals surface area contributed by atoms with Gasteiger partial charge in [-0.1, -0.05) is 6.07 Å². The lowest BCUT2D eigenvalue weighted by Crippen LogP contribution is -2.31. The van der Waals surface area contributed by atoms with Gasteiger partial charge in [0, 0.05) is 6.54 Å². The van der Waals surface area contributed by atoms with Crippen LogP contribution in [-0.2, 0) is 4.79 Å². The summed E-state index contributed by atoms with van der Waals surface area (Å²) >= 11 is 0. The van der Waals surface area contributed by atoms with E-state index in [9.17, 15) is 4.79 Å². The van der Waals surface area contributed by atoms with Gasteiger partial charge >= 0.3 is 5.97 Å². The van der Waals surface area contributed by atoms with Crippen molar-refractivity contribution in [1.82, 2.24) is 0 Å². The predicted octanol–water partition coefficient (Wildman–Crippen LogP) is 2.39. The maximum absolute atomic E-state index is 10.9. The number of rotatable bonds is 4. The Morgan fingerprint density at radius 2 is 2.18 bits per heavy atom. The van der Waals surface area contributed by atoms with Crippen molar-refractivity contribution >= 4 is 11.7 Å². The molecule has 1 aromatic rings. The Labute approximate surface area is 101 Å². The molecule has 0 aliphatic heterocycles. The standard InChI is InChI=1S/C13H16N2O2/c1-9-4-5-11(10(6-9)7-14)15-8-13(2,3)12(16)17/h4-6,15H,8H2,1-3H3,(H,16,17). The smallest absolute Gasteiger partial charge is 0.310 e. The largest absolute Gasteiger partial charge is 0.481 e. The number of hydrogen-bond donors (Lipinski definition) is 2. The molecule has 0 unspecified atom stereocenters. The molecule has 0 saturated carbocycles. The first kappa shape index (κ1) is 13.0. The molecule has 1 rings (SSSR count). The van der Waals surface area contributed by atoms with Crippen LogP contribution in [0.2, 0.25) is 0 Å². The molecule has 0 radical (unpaired) electrons. The lowest BCUT2D eigenvalue weighted by Gasteiger charge is -2.20. The Morgan fingerprint density at radius 1 is 1.53 bits per heavy atom. The first-order chi connectivity index (χ1) is 7.86. The molecule has 0 atom stereocenters. The normalized spacial score (nSPS) is 10.7. The zero-order valence-corrected chi connectivity index (χ0v) is 10.2. The monoisotopic (exact) mass is 232 g/mol. The Kier molecular flexibility index (Phi) is 3.74. The second kappa shape index (κ2) is 4.88. The van der Waals surface area contributed by atoms with Crippen molar-refractivity contribution in [1.29, 1.82) is 5.26 Å². The molecule has 0 saturated heterocycles. The molecule has 0 bridgehead atoms. The number of carboxylic acids is 1. The fraction of sp³-hybridized carbons (Fsp3) is 0.385. The second-order valence-electron chi connectivity index (χ2n) is 4.70. The molecule has 4 heteroatoms. The summed E-state index contributed by atoms with van der Waals surface area (Å²) in [5.74, 6) is -0.865. The number of aliphatic carboxylic acids is 1. The summed E-state index contributed by atoms with van der Waals surface area (Å²) < 4.78 is 0. The highest BCUT2D eigenvalue weighted by Gasteiger charge is 2.26. The van der Waals surface area contributed by atoms with Crippen LogP contribution in [0.5, 0.6) is 0 Å². The summed E-state index contributed by atoms with van der Waals surface area (Å²) in [4.78, 5) is 10.9. The highest BCUT2D eigenvalue weighted by Crippen LogP contribution is 2.20. The van der Waals surface area contributed by atoms with E-state index < -0.39 is 11.4 Å². The zero-order chi connectivity index (χ0) is 13.1. The van der Waals surface area contributed by atoms with Crippen LogP contribution in [0.4, 0.5) is 5.69 Å². The minimum Gasteiger partial charge on any atom is -0.481 e. The van der Waals surface area contributed by atoms with Crippen molar-refractivity contribution in [3.05, 3.63) is 29.3 Å². The average Bonchev–Trinajstić information content (AvgIpc) is 2.27. The van der Waals surface area contributed by atoms with Gasteiger partial charge in [0.2, 0.25) is 0 Å². The summed E-state index contributed by atoms with van der Waals surface area (Å²) in [7, 11) is 0. The van der Waals surface area contributed by atoms with Crippen LogP contribution in [0, 0.1) is 23.7 Å². The molecule has 4 nitrogen and oxygen atoms in total. The number of carboxylic acid groups (broad SMARTS) is 1. The highest BCUT2D eigenvalue weighted by molar-refractivity contribution is 5.74. The summed E-state index contributed by atoms with van der Waals surface area (Å²) in [5, 5.41) is 21.0. The fourth-order valence-corrected chi connectivity index (χ4v) is 1.30. The van der Waals surface area contributed by atoms with Gasteiger partial charge in [0.05, 0.1) is 16.7 Å². The van der Waals surface area contributed by atoms with Gasteiger partial charge in [-0.15, -0.1) is 0 Å². The third-order valence-electron chi connectivity index (χ3n) is 2.60. The van der Waals surface area contributed by atoms with E-state index in [1.807, 2.05) is 13.0 Å². The van der Waals surface area contributed by atoms with Crippen LogP contribution in [0.3, 0.4) is 0 Å². The maximum Gasteiger partial charge on any atom is 0.310 e. The number of hydrogen-bond acceptors (Lipinski definition) is 3. The van der Waals surface area contributed by atoms with Crippen molar-refractivity contribution in [2.45, 2.75) is 20.8 Å². The molecular weight excluding hydrogens is 216 g/mol. The SMILES string of the molecule is Cc1ccc(NCC(C)(C)C(=O)O)c(C#N)c1. The zero-order valence-electron chi connectivity index (χ0n) is 10.2. The van der Waals surface area contributed by atoms with Crippen molar-refractivity contribution in [3.63, 3.8) is 0 Å². The quantitative estimate of drug-likeness (QED) is 0.836. The number of nitrogens with zero attached hydrogens (tertiary/aromatic N) is 1. The Hall–Kier alpha value is -2.02. The number of anilines is 1. The van der Waals surface area contributed by atoms with E-state index in [-0.39, 0.29) is 6.54 Å². The van der Waals surface area contributed by atoms with E-state index in [0.29, 0.717) is 11.3 Å². The third kappa shape index (κ3) is 3.22. The molecule has 0 aliphatic rings. The lowest BCUT2D eigenvalue weighted by atomic mass is 9.93. The van der Waals surface area contributed by atoms with Crippen LogP contribution in [-0.4, -0.2) is 17.6 Å². The topological polar surface area (TPSA) is 73.1 Å². The minimum atomic E-state index is -0.865. The van der Waals surface area contributed by atoms with Gasteiger partial charge in [-0.3, -0.25) is 4.79 Å². The van der Waals surface area contributed by atoms with Crippen LogP contribution in [0.25, 0.3) is 0 Å². The second-order valence-corrected chi connectivity index (χ2v) is 4.70. The molecule has 2 N–H and O–H groups in total. The number of carbonyl (C=O) groups is 1. The molecule has 0 heterocycles. The summed E-state index contributed by atoms with van der Waals surface area (Å²) in [5.41, 5.74) is 1.35. The van der Waals surface area contributed by atoms with Crippen LogP contribution in [0.1, 0.15) is 25.0 Å². The van der Waals surface area contributed by atoms with Crippen molar-refractivity contribution in [3.8, 4) is 6.07 Å². The van der Waals surface area contributed by atoms with E-state index in [0.717, 1.165) is 5.56 Å². The average molecular weight is 232 g/mol. The van der Waals surface area contributed by atoms with Gasteiger partial charge in [0.1, 0.15) is 6.07 Å².